The zero-order valence-corrected chi connectivity index (χ0v) is 10.5. The van der Waals surface area contributed by atoms with E-state index in [1.807, 2.05) is 6.07 Å². The molecule has 20 heavy (non-hydrogen) atoms. The predicted molar refractivity (Wildman–Crippen MR) is 70.1 cm³/mol. The molecular weight excluding hydrogens is 269 g/mol. The fourth-order valence-corrected chi connectivity index (χ4v) is 1.66. The first-order chi connectivity index (χ1) is 9.47. The number of aromatic nitrogens is 2. The average Bonchev–Trinajstić information content (AvgIpc) is 2.41. The molecule has 0 aromatic carbocycles. The first-order valence-electron chi connectivity index (χ1n) is 5.92. The zero-order chi connectivity index (χ0) is 14.6. The first-order valence-corrected chi connectivity index (χ1v) is 5.92. The zero-order valence-electron chi connectivity index (χ0n) is 10.5. The lowest BCUT2D eigenvalue weighted by Gasteiger charge is -2.12. The Bertz CT molecular complexity index is 570. The molecule has 3 N–H and O–H groups in total. The van der Waals surface area contributed by atoms with Crippen molar-refractivity contribution < 1.29 is 13.2 Å². The number of nitrogens with one attached hydrogen (secondary N) is 1. The summed E-state index contributed by atoms with van der Waals surface area (Å²) in [5.41, 5.74) is 6.05. The number of pyridine rings is 2. The van der Waals surface area contributed by atoms with Gasteiger partial charge in [0.1, 0.15) is 5.69 Å². The summed E-state index contributed by atoms with van der Waals surface area (Å²) in [7, 11) is 0. The van der Waals surface area contributed by atoms with E-state index in [-0.39, 0.29) is 11.4 Å². The van der Waals surface area contributed by atoms with Crippen LogP contribution in [0, 0.1) is 0 Å². The normalized spacial score (nSPS) is 11.3. The van der Waals surface area contributed by atoms with Crippen LogP contribution in [-0.4, -0.2) is 16.5 Å². The van der Waals surface area contributed by atoms with E-state index in [4.69, 9.17) is 5.73 Å². The molecule has 0 aliphatic carbocycles. The number of nitrogens with two attached hydrogens (primary N) is 1. The molecule has 2 aromatic rings. The van der Waals surface area contributed by atoms with Gasteiger partial charge in [-0.25, -0.2) is 4.98 Å². The molecule has 7 heteroatoms. The summed E-state index contributed by atoms with van der Waals surface area (Å²) in [6, 6.07) is 4.61. The molecule has 0 bridgehead atoms. The quantitative estimate of drug-likeness (QED) is 0.905. The second-order valence-corrected chi connectivity index (χ2v) is 4.19. The largest absolute Gasteiger partial charge is 0.433 e. The third-order valence-electron chi connectivity index (χ3n) is 2.68. The van der Waals surface area contributed by atoms with Crippen molar-refractivity contribution in [2.24, 2.45) is 0 Å². The number of nitrogens with zero attached hydrogens (tertiary/aromatic N) is 2. The van der Waals surface area contributed by atoms with Crippen molar-refractivity contribution in [3.05, 3.63) is 48.0 Å². The molecule has 0 aliphatic heterocycles. The fraction of sp³-hybridized carbons (Fsp3) is 0.231. The van der Waals surface area contributed by atoms with Crippen molar-refractivity contribution in [2.75, 3.05) is 17.6 Å². The minimum atomic E-state index is -4.48. The van der Waals surface area contributed by atoms with E-state index < -0.39 is 11.9 Å². The van der Waals surface area contributed by atoms with Crippen LogP contribution >= 0.6 is 0 Å². The molecule has 0 saturated carbocycles. The number of anilines is 2. The molecule has 0 radical (unpaired) electrons. The molecule has 2 rings (SSSR count). The van der Waals surface area contributed by atoms with Crippen LogP contribution < -0.4 is 11.1 Å². The van der Waals surface area contributed by atoms with Crippen LogP contribution in [0.3, 0.4) is 0 Å². The molecule has 0 saturated heterocycles. The van der Waals surface area contributed by atoms with Crippen molar-refractivity contribution in [2.45, 2.75) is 12.6 Å². The molecule has 4 nitrogen and oxygen atoms in total. The second-order valence-electron chi connectivity index (χ2n) is 4.19. The van der Waals surface area contributed by atoms with Gasteiger partial charge in [0, 0.05) is 18.9 Å². The SMILES string of the molecule is Nc1cnc(C(F)(F)F)cc1NCCc1cccnc1. The average molecular weight is 282 g/mol. The van der Waals surface area contributed by atoms with Gasteiger partial charge in [0.05, 0.1) is 17.6 Å². The number of halogens is 3. The molecule has 0 unspecified atom stereocenters. The van der Waals surface area contributed by atoms with E-state index in [1.54, 1.807) is 18.5 Å². The maximum Gasteiger partial charge on any atom is 0.433 e. The Morgan fingerprint density at radius 2 is 2.05 bits per heavy atom. The van der Waals surface area contributed by atoms with Gasteiger partial charge in [0.25, 0.3) is 0 Å². The number of alkyl halides is 3. The minimum Gasteiger partial charge on any atom is -0.396 e. The topological polar surface area (TPSA) is 63.8 Å². The summed E-state index contributed by atoms with van der Waals surface area (Å²) >= 11 is 0. The Morgan fingerprint density at radius 3 is 2.70 bits per heavy atom. The van der Waals surface area contributed by atoms with Crippen molar-refractivity contribution in [3.63, 3.8) is 0 Å². The number of nitrogen functional groups attached to an aromatic ring is 1. The van der Waals surface area contributed by atoms with Gasteiger partial charge in [-0.15, -0.1) is 0 Å². The Balaban J connectivity index is 2.02. The van der Waals surface area contributed by atoms with Gasteiger partial charge in [-0.2, -0.15) is 13.2 Å². The van der Waals surface area contributed by atoms with Crippen LogP contribution in [-0.2, 0) is 12.6 Å². The monoisotopic (exact) mass is 282 g/mol. The van der Waals surface area contributed by atoms with Crippen molar-refractivity contribution in [1.29, 1.82) is 0 Å². The van der Waals surface area contributed by atoms with Gasteiger partial charge in [-0.3, -0.25) is 4.98 Å². The van der Waals surface area contributed by atoms with Crippen LogP contribution in [0.25, 0.3) is 0 Å². The minimum absolute atomic E-state index is 0.184. The van der Waals surface area contributed by atoms with Crippen LogP contribution in [0.5, 0.6) is 0 Å². The molecule has 0 amide bonds. The lowest BCUT2D eigenvalue weighted by atomic mass is 10.2. The smallest absolute Gasteiger partial charge is 0.396 e. The lowest BCUT2D eigenvalue weighted by molar-refractivity contribution is -0.141. The van der Waals surface area contributed by atoms with E-state index >= 15 is 0 Å². The van der Waals surface area contributed by atoms with E-state index in [1.165, 1.54) is 0 Å². The molecule has 2 aromatic heterocycles. The van der Waals surface area contributed by atoms with Gasteiger partial charge in [0.15, 0.2) is 0 Å². The van der Waals surface area contributed by atoms with Gasteiger partial charge in [-0.1, -0.05) is 6.07 Å². The van der Waals surface area contributed by atoms with Crippen LogP contribution in [0.1, 0.15) is 11.3 Å². The summed E-state index contributed by atoms with van der Waals surface area (Å²) in [4.78, 5) is 7.24. The lowest BCUT2D eigenvalue weighted by Crippen LogP contribution is -2.12. The van der Waals surface area contributed by atoms with Crippen molar-refractivity contribution in [1.82, 2.24) is 9.97 Å². The van der Waals surface area contributed by atoms with Gasteiger partial charge >= 0.3 is 6.18 Å². The molecule has 0 fully saturated rings. The Labute approximate surface area is 113 Å². The van der Waals surface area contributed by atoms with Crippen LogP contribution in [0.2, 0.25) is 0 Å². The summed E-state index contributed by atoms with van der Waals surface area (Å²) < 4.78 is 37.6. The maximum atomic E-state index is 12.5. The van der Waals surface area contributed by atoms with E-state index in [0.717, 1.165) is 17.8 Å². The highest BCUT2D eigenvalue weighted by Gasteiger charge is 2.32. The predicted octanol–water partition coefficient (Wildman–Crippen LogP) is 2.73. The number of hydrogen-bond acceptors (Lipinski definition) is 4. The summed E-state index contributed by atoms with van der Waals surface area (Å²) in [5, 5.41) is 2.88. The van der Waals surface area contributed by atoms with Gasteiger partial charge in [0.2, 0.25) is 0 Å². The first kappa shape index (κ1) is 14.1. The van der Waals surface area contributed by atoms with Crippen molar-refractivity contribution >= 4 is 11.4 Å². The van der Waals surface area contributed by atoms with E-state index in [0.29, 0.717) is 13.0 Å². The molecule has 106 valence electrons. The fourth-order valence-electron chi connectivity index (χ4n) is 1.66. The number of rotatable bonds is 4. The molecule has 0 aliphatic rings. The van der Waals surface area contributed by atoms with Crippen LogP contribution in [0.15, 0.2) is 36.8 Å². The van der Waals surface area contributed by atoms with Crippen molar-refractivity contribution in [3.8, 4) is 0 Å². The highest BCUT2D eigenvalue weighted by atomic mass is 19.4. The third kappa shape index (κ3) is 3.59. The standard InChI is InChI=1S/C13H13F3N4/c14-13(15,16)12-6-11(10(17)8-20-12)19-5-3-9-2-1-4-18-7-9/h1-2,4,6-8H,3,5,17H2,(H,19,20). The maximum absolute atomic E-state index is 12.5. The van der Waals surface area contributed by atoms with Gasteiger partial charge in [-0.05, 0) is 24.1 Å². The molecular formula is C13H13F3N4. The van der Waals surface area contributed by atoms with Crippen LogP contribution in [0.4, 0.5) is 24.5 Å². The van der Waals surface area contributed by atoms with Gasteiger partial charge < -0.3 is 11.1 Å². The Morgan fingerprint density at radius 1 is 1.25 bits per heavy atom. The Kier molecular flexibility index (Phi) is 4.07. The molecule has 0 spiro atoms. The molecule has 2 heterocycles. The summed E-state index contributed by atoms with van der Waals surface area (Å²) in [6.07, 6.45) is 0.534. The highest BCUT2D eigenvalue weighted by molar-refractivity contribution is 5.65. The Hall–Kier alpha value is -2.31. The van der Waals surface area contributed by atoms with E-state index in [2.05, 4.69) is 15.3 Å². The highest BCUT2D eigenvalue weighted by Crippen LogP contribution is 2.30. The van der Waals surface area contributed by atoms with E-state index in [9.17, 15) is 13.2 Å². The molecule has 0 atom stereocenters. The summed E-state index contributed by atoms with van der Waals surface area (Å²) in [5.74, 6) is 0. The number of hydrogen-bond donors (Lipinski definition) is 2. The second kappa shape index (κ2) is 5.77. The summed E-state index contributed by atoms with van der Waals surface area (Å²) in [6.45, 7) is 0.456. The third-order valence-corrected chi connectivity index (χ3v) is 2.68.